The summed E-state index contributed by atoms with van der Waals surface area (Å²) in [5.41, 5.74) is -0.152. The van der Waals surface area contributed by atoms with E-state index in [9.17, 15) is 10.1 Å². The molecule has 20 heavy (non-hydrogen) atoms. The number of ether oxygens (including phenoxy) is 1. The largest absolute Gasteiger partial charge is 0.429 e. The Morgan fingerprint density at radius 2 is 2.20 bits per heavy atom. The molecule has 0 fully saturated rings. The highest BCUT2D eigenvalue weighted by atomic mass is 127. The summed E-state index contributed by atoms with van der Waals surface area (Å²) >= 11 is 7.51. The van der Waals surface area contributed by atoms with Crippen molar-refractivity contribution in [3.63, 3.8) is 0 Å². The average Bonchev–Trinajstić information content (AvgIpc) is 2.40. The zero-order chi connectivity index (χ0) is 14.7. The van der Waals surface area contributed by atoms with Gasteiger partial charge in [-0.05, 0) is 28.7 Å². The van der Waals surface area contributed by atoms with Crippen LogP contribution in [0.3, 0.4) is 0 Å². The molecule has 1 aromatic carbocycles. The van der Waals surface area contributed by atoms with Crippen LogP contribution in [0.1, 0.15) is 5.56 Å². The number of rotatable bonds is 3. The van der Waals surface area contributed by atoms with E-state index < -0.39 is 4.92 Å². The van der Waals surface area contributed by atoms with Gasteiger partial charge in [0, 0.05) is 6.07 Å². The van der Waals surface area contributed by atoms with Gasteiger partial charge in [-0.1, -0.05) is 11.6 Å². The highest BCUT2D eigenvalue weighted by Crippen LogP contribution is 2.36. The van der Waals surface area contributed by atoms with E-state index in [2.05, 4.69) is 9.97 Å². The predicted octanol–water partition coefficient (Wildman–Crippen LogP) is 3.31. The molecule has 2 aromatic rings. The Morgan fingerprint density at radius 1 is 1.45 bits per heavy atom. The Labute approximate surface area is 131 Å². The summed E-state index contributed by atoms with van der Waals surface area (Å²) in [4.78, 5) is 18.0. The molecule has 0 N–H and O–H groups in total. The Balaban J connectivity index is 2.51. The normalized spacial score (nSPS) is 9.85. The van der Waals surface area contributed by atoms with Crippen LogP contribution in [0.25, 0.3) is 0 Å². The number of halogens is 2. The molecule has 0 aliphatic rings. The molecular formula is C11H4ClIN4O3. The molecule has 9 heteroatoms. The van der Waals surface area contributed by atoms with E-state index in [0.29, 0.717) is 3.57 Å². The van der Waals surface area contributed by atoms with Gasteiger partial charge in [0.05, 0.1) is 32.5 Å². The lowest BCUT2D eigenvalue weighted by Gasteiger charge is -2.07. The van der Waals surface area contributed by atoms with Crippen molar-refractivity contribution in [3.8, 4) is 17.7 Å². The molecule has 0 bridgehead atoms. The molecule has 0 radical (unpaired) electrons. The molecule has 1 heterocycles. The Bertz CT molecular complexity index is 732. The third-order valence-electron chi connectivity index (χ3n) is 2.14. The fourth-order valence-electron chi connectivity index (χ4n) is 1.36. The standard InChI is InChI=1S/C11H4ClIN4O3/c12-9-4-15-5-10(16-9)20-11-7(13)1-6(3-14)2-8(11)17(18)19/h1-2,4-5H. The van der Waals surface area contributed by atoms with Gasteiger partial charge < -0.3 is 4.74 Å². The van der Waals surface area contributed by atoms with E-state index in [0.717, 1.165) is 6.07 Å². The van der Waals surface area contributed by atoms with Crippen molar-refractivity contribution in [1.82, 2.24) is 9.97 Å². The number of hydrogen-bond acceptors (Lipinski definition) is 6. The zero-order valence-electron chi connectivity index (χ0n) is 9.58. The highest BCUT2D eigenvalue weighted by molar-refractivity contribution is 14.1. The maximum absolute atomic E-state index is 11.0. The molecule has 100 valence electrons. The molecule has 0 saturated heterocycles. The van der Waals surface area contributed by atoms with Crippen molar-refractivity contribution >= 4 is 39.9 Å². The molecular weight excluding hydrogens is 399 g/mol. The Hall–Kier alpha value is -1.99. The third kappa shape index (κ3) is 3.12. The summed E-state index contributed by atoms with van der Waals surface area (Å²) in [6.07, 6.45) is 2.59. The van der Waals surface area contributed by atoms with E-state index in [4.69, 9.17) is 21.6 Å². The van der Waals surface area contributed by atoms with E-state index in [-0.39, 0.29) is 28.0 Å². The van der Waals surface area contributed by atoms with Crippen molar-refractivity contribution in [2.45, 2.75) is 0 Å². The Morgan fingerprint density at radius 3 is 2.80 bits per heavy atom. The van der Waals surface area contributed by atoms with Gasteiger partial charge in [-0.3, -0.25) is 15.1 Å². The van der Waals surface area contributed by atoms with Crippen molar-refractivity contribution in [1.29, 1.82) is 5.26 Å². The van der Waals surface area contributed by atoms with Crippen LogP contribution in [0.15, 0.2) is 24.5 Å². The zero-order valence-corrected chi connectivity index (χ0v) is 12.5. The van der Waals surface area contributed by atoms with E-state index in [1.54, 1.807) is 0 Å². The molecule has 1 aromatic heterocycles. The third-order valence-corrected chi connectivity index (χ3v) is 3.12. The van der Waals surface area contributed by atoms with Crippen LogP contribution < -0.4 is 4.74 Å². The second kappa shape index (κ2) is 5.98. The maximum Gasteiger partial charge on any atom is 0.314 e. The van der Waals surface area contributed by atoms with E-state index in [1.165, 1.54) is 18.5 Å². The molecule has 0 saturated carbocycles. The second-order valence-corrected chi connectivity index (χ2v) is 5.01. The first-order chi connectivity index (χ1) is 9.51. The van der Waals surface area contributed by atoms with Crippen LogP contribution in [0.4, 0.5) is 5.69 Å². The summed E-state index contributed by atoms with van der Waals surface area (Å²) < 4.78 is 5.78. The topological polar surface area (TPSA) is 102 Å². The molecule has 0 amide bonds. The van der Waals surface area contributed by atoms with Gasteiger partial charge in [-0.2, -0.15) is 10.2 Å². The van der Waals surface area contributed by atoms with Crippen LogP contribution in [-0.4, -0.2) is 14.9 Å². The summed E-state index contributed by atoms with van der Waals surface area (Å²) in [7, 11) is 0. The van der Waals surface area contributed by atoms with Gasteiger partial charge in [-0.15, -0.1) is 0 Å². The first kappa shape index (κ1) is 14.4. The smallest absolute Gasteiger partial charge is 0.314 e. The SMILES string of the molecule is N#Cc1cc(I)c(Oc2cncc(Cl)n2)c([N+](=O)[O-])c1. The number of benzene rings is 1. The molecule has 0 spiro atoms. The number of nitrogens with zero attached hydrogens (tertiary/aromatic N) is 4. The van der Waals surface area contributed by atoms with E-state index >= 15 is 0 Å². The summed E-state index contributed by atoms with van der Waals surface area (Å²) in [5, 5.41) is 20.0. The average molecular weight is 403 g/mol. The molecule has 7 nitrogen and oxygen atoms in total. The van der Waals surface area contributed by atoms with Crippen LogP contribution >= 0.6 is 34.2 Å². The lowest BCUT2D eigenvalue weighted by atomic mass is 10.2. The first-order valence-corrected chi connectivity index (χ1v) is 6.50. The van der Waals surface area contributed by atoms with Gasteiger partial charge in [0.2, 0.25) is 11.6 Å². The minimum Gasteiger partial charge on any atom is -0.429 e. The predicted molar refractivity (Wildman–Crippen MR) is 77.6 cm³/mol. The van der Waals surface area contributed by atoms with Gasteiger partial charge >= 0.3 is 5.69 Å². The number of nitro benzene ring substituents is 1. The number of nitriles is 1. The fourth-order valence-corrected chi connectivity index (χ4v) is 2.22. The summed E-state index contributed by atoms with van der Waals surface area (Å²) in [5.74, 6) is 0.0226. The van der Waals surface area contributed by atoms with Crippen molar-refractivity contribution in [3.05, 3.63) is 48.9 Å². The second-order valence-electron chi connectivity index (χ2n) is 3.46. The van der Waals surface area contributed by atoms with Crippen molar-refractivity contribution in [2.75, 3.05) is 0 Å². The molecule has 0 aliphatic heterocycles. The van der Waals surface area contributed by atoms with Crippen LogP contribution in [-0.2, 0) is 0 Å². The maximum atomic E-state index is 11.0. The minimum absolute atomic E-state index is 0.00818. The van der Waals surface area contributed by atoms with E-state index in [1.807, 2.05) is 28.7 Å². The number of hydrogen-bond donors (Lipinski definition) is 0. The Kier molecular flexibility index (Phi) is 4.31. The monoisotopic (exact) mass is 402 g/mol. The van der Waals surface area contributed by atoms with Gasteiger partial charge in [0.25, 0.3) is 0 Å². The van der Waals surface area contributed by atoms with Crippen molar-refractivity contribution < 1.29 is 9.66 Å². The van der Waals surface area contributed by atoms with Gasteiger partial charge in [0.1, 0.15) is 0 Å². The molecule has 0 atom stereocenters. The quantitative estimate of drug-likeness (QED) is 0.443. The van der Waals surface area contributed by atoms with Crippen LogP contribution in [0, 0.1) is 25.0 Å². The van der Waals surface area contributed by atoms with Gasteiger partial charge in [-0.25, -0.2) is 0 Å². The summed E-state index contributed by atoms with van der Waals surface area (Å²) in [6, 6.07) is 4.46. The molecule has 0 unspecified atom stereocenters. The summed E-state index contributed by atoms with van der Waals surface area (Å²) in [6.45, 7) is 0. The van der Waals surface area contributed by atoms with Crippen LogP contribution in [0.2, 0.25) is 5.15 Å². The number of aromatic nitrogens is 2. The highest BCUT2D eigenvalue weighted by Gasteiger charge is 2.21. The molecule has 2 rings (SSSR count). The lowest BCUT2D eigenvalue weighted by Crippen LogP contribution is -1.98. The van der Waals surface area contributed by atoms with Gasteiger partial charge in [0.15, 0.2) is 5.15 Å². The first-order valence-electron chi connectivity index (χ1n) is 5.04. The fraction of sp³-hybridized carbons (Fsp3) is 0. The lowest BCUT2D eigenvalue weighted by molar-refractivity contribution is -0.385. The minimum atomic E-state index is -0.629. The van der Waals surface area contributed by atoms with Crippen LogP contribution in [0.5, 0.6) is 11.6 Å². The van der Waals surface area contributed by atoms with Crippen molar-refractivity contribution in [2.24, 2.45) is 0 Å². The molecule has 0 aliphatic carbocycles. The number of nitro groups is 1.